The van der Waals surface area contributed by atoms with Gasteiger partial charge in [0.05, 0.1) is 23.7 Å². The van der Waals surface area contributed by atoms with Crippen molar-refractivity contribution >= 4 is 40.6 Å². The Bertz CT molecular complexity index is 766. The molecule has 0 saturated carbocycles. The number of methoxy groups -OCH3 is 1. The maximum atomic E-state index is 11.8. The van der Waals surface area contributed by atoms with Gasteiger partial charge in [0.25, 0.3) is 0 Å². The van der Waals surface area contributed by atoms with Crippen LogP contribution in [0.25, 0.3) is 0 Å². The van der Waals surface area contributed by atoms with Crippen LogP contribution in [-0.2, 0) is 4.74 Å². The summed E-state index contributed by atoms with van der Waals surface area (Å²) in [7, 11) is 1.32. The van der Waals surface area contributed by atoms with E-state index in [0.29, 0.717) is 27.3 Å². The Morgan fingerprint density at radius 3 is 2.50 bits per heavy atom. The van der Waals surface area contributed by atoms with E-state index in [-0.39, 0.29) is 6.04 Å². The molecule has 1 atom stereocenters. The van der Waals surface area contributed by atoms with Gasteiger partial charge in [-0.3, -0.25) is 0 Å². The molecule has 2 aromatic carbocycles. The lowest BCUT2D eigenvalue weighted by molar-refractivity contribution is 0.0601. The van der Waals surface area contributed by atoms with E-state index in [1.54, 1.807) is 18.2 Å². The summed E-state index contributed by atoms with van der Waals surface area (Å²) in [4.78, 5) is 11.8. The van der Waals surface area contributed by atoms with Crippen molar-refractivity contribution < 1.29 is 9.53 Å². The number of carbonyl (C=O) groups is 1. The van der Waals surface area contributed by atoms with E-state index in [1.165, 1.54) is 12.7 Å². The quantitative estimate of drug-likeness (QED) is 0.524. The van der Waals surface area contributed by atoms with Gasteiger partial charge in [0.1, 0.15) is 0 Å². The zero-order valence-corrected chi connectivity index (χ0v) is 16.7. The van der Waals surface area contributed by atoms with Gasteiger partial charge in [-0.15, -0.1) is 0 Å². The van der Waals surface area contributed by atoms with Crippen LogP contribution in [0.15, 0.2) is 48.5 Å². The van der Waals surface area contributed by atoms with Crippen molar-refractivity contribution in [2.24, 2.45) is 5.92 Å². The van der Waals surface area contributed by atoms with Crippen LogP contribution in [-0.4, -0.2) is 18.2 Å². The van der Waals surface area contributed by atoms with Gasteiger partial charge in [-0.25, -0.2) is 4.79 Å². The zero-order valence-electron chi connectivity index (χ0n) is 15.1. The molecule has 4 nitrogen and oxygen atoms in total. The second-order valence-corrected chi connectivity index (χ2v) is 7.19. The predicted molar refractivity (Wildman–Crippen MR) is 111 cm³/mol. The van der Waals surface area contributed by atoms with Crippen LogP contribution < -0.4 is 10.6 Å². The molecule has 2 aromatic rings. The average molecular weight is 391 g/mol. The maximum Gasteiger partial charge on any atom is 0.339 e. The summed E-state index contributed by atoms with van der Waals surface area (Å²) in [6, 6.07) is 15.3. The number of thiocarbonyl (C=S) groups is 1. The minimum Gasteiger partial charge on any atom is -0.465 e. The Morgan fingerprint density at radius 1 is 1.19 bits per heavy atom. The number of carbonyl (C=O) groups excluding carboxylic acids is 1. The third-order valence-corrected chi connectivity index (χ3v) is 4.39. The first-order chi connectivity index (χ1) is 12.4. The van der Waals surface area contributed by atoms with E-state index in [2.05, 4.69) is 36.6 Å². The SMILES string of the molecule is COC(=O)c1cc(NC(=S)NC(CC(C)C)c2ccccc2)ccc1Cl. The molecule has 2 N–H and O–H groups in total. The molecular formula is C20H23ClN2O2S. The molecule has 6 heteroatoms. The molecular weight excluding hydrogens is 368 g/mol. The molecule has 26 heavy (non-hydrogen) atoms. The molecule has 0 amide bonds. The first kappa shape index (κ1) is 20.2. The van der Waals surface area contributed by atoms with Crippen molar-refractivity contribution in [1.82, 2.24) is 5.32 Å². The lowest BCUT2D eigenvalue weighted by Crippen LogP contribution is -2.33. The zero-order chi connectivity index (χ0) is 19.1. The molecule has 0 aliphatic rings. The van der Waals surface area contributed by atoms with Crippen LogP contribution in [0.3, 0.4) is 0 Å². The fourth-order valence-corrected chi connectivity index (χ4v) is 3.08. The number of anilines is 1. The van der Waals surface area contributed by atoms with Gasteiger partial charge in [0, 0.05) is 5.69 Å². The summed E-state index contributed by atoms with van der Waals surface area (Å²) >= 11 is 11.5. The number of halogens is 1. The second-order valence-electron chi connectivity index (χ2n) is 6.38. The van der Waals surface area contributed by atoms with Gasteiger partial charge in [0.15, 0.2) is 5.11 Å². The third-order valence-electron chi connectivity index (χ3n) is 3.84. The fourth-order valence-electron chi connectivity index (χ4n) is 2.63. The van der Waals surface area contributed by atoms with Gasteiger partial charge >= 0.3 is 5.97 Å². The summed E-state index contributed by atoms with van der Waals surface area (Å²) in [6.45, 7) is 4.35. The van der Waals surface area contributed by atoms with Crippen LogP contribution in [0.4, 0.5) is 5.69 Å². The third kappa shape index (κ3) is 5.71. The first-order valence-corrected chi connectivity index (χ1v) is 9.19. The lowest BCUT2D eigenvalue weighted by atomic mass is 9.97. The topological polar surface area (TPSA) is 50.4 Å². The van der Waals surface area contributed by atoms with E-state index in [9.17, 15) is 4.79 Å². The van der Waals surface area contributed by atoms with Gasteiger partial charge in [0.2, 0.25) is 0 Å². The van der Waals surface area contributed by atoms with Gasteiger partial charge in [-0.2, -0.15) is 0 Å². The van der Waals surface area contributed by atoms with Gasteiger partial charge in [-0.1, -0.05) is 55.8 Å². The van der Waals surface area contributed by atoms with Crippen molar-refractivity contribution in [2.75, 3.05) is 12.4 Å². The minimum absolute atomic E-state index is 0.101. The van der Waals surface area contributed by atoms with E-state index < -0.39 is 5.97 Å². The molecule has 0 bridgehead atoms. The Labute approximate surface area is 164 Å². The fraction of sp³-hybridized carbons (Fsp3) is 0.300. The highest BCUT2D eigenvalue weighted by atomic mass is 35.5. The first-order valence-electron chi connectivity index (χ1n) is 8.41. The highest BCUT2D eigenvalue weighted by Gasteiger charge is 2.16. The number of rotatable bonds is 6. The summed E-state index contributed by atoms with van der Waals surface area (Å²) in [6.07, 6.45) is 0.944. The summed E-state index contributed by atoms with van der Waals surface area (Å²) < 4.78 is 4.74. The molecule has 0 saturated heterocycles. The summed E-state index contributed by atoms with van der Waals surface area (Å²) in [5.74, 6) is 0.0245. The summed E-state index contributed by atoms with van der Waals surface area (Å²) in [5.41, 5.74) is 2.14. The molecule has 0 spiro atoms. The van der Waals surface area contributed by atoms with Crippen LogP contribution in [0.5, 0.6) is 0 Å². The molecule has 1 unspecified atom stereocenters. The number of ether oxygens (including phenoxy) is 1. The molecule has 2 rings (SSSR count). The monoisotopic (exact) mass is 390 g/mol. The molecule has 0 aromatic heterocycles. The number of hydrogen-bond donors (Lipinski definition) is 2. The van der Waals surface area contributed by atoms with E-state index >= 15 is 0 Å². The van der Waals surface area contributed by atoms with Crippen LogP contribution in [0.2, 0.25) is 5.02 Å². The van der Waals surface area contributed by atoms with Crippen LogP contribution >= 0.6 is 23.8 Å². The maximum absolute atomic E-state index is 11.8. The highest BCUT2D eigenvalue weighted by Crippen LogP contribution is 2.23. The van der Waals surface area contributed by atoms with E-state index in [1.807, 2.05) is 18.2 Å². The normalized spacial score (nSPS) is 11.7. The number of nitrogens with one attached hydrogen (secondary N) is 2. The van der Waals surface area contributed by atoms with Crippen molar-refractivity contribution in [3.63, 3.8) is 0 Å². The largest absolute Gasteiger partial charge is 0.465 e. The van der Waals surface area contributed by atoms with Gasteiger partial charge < -0.3 is 15.4 Å². The molecule has 0 aliphatic carbocycles. The Hall–Kier alpha value is -2.11. The van der Waals surface area contributed by atoms with Gasteiger partial charge in [-0.05, 0) is 48.3 Å². The predicted octanol–water partition coefficient (Wildman–Crippen LogP) is 5.20. The Morgan fingerprint density at radius 2 is 1.88 bits per heavy atom. The summed E-state index contributed by atoms with van der Waals surface area (Å²) in [5, 5.41) is 7.30. The number of hydrogen-bond acceptors (Lipinski definition) is 3. The lowest BCUT2D eigenvalue weighted by Gasteiger charge is -2.23. The average Bonchev–Trinajstić information content (AvgIpc) is 2.62. The molecule has 0 heterocycles. The van der Waals surface area contributed by atoms with Crippen LogP contribution in [0, 0.1) is 5.92 Å². The Balaban J connectivity index is 2.12. The molecule has 0 radical (unpaired) electrons. The van der Waals surface area contributed by atoms with Crippen molar-refractivity contribution in [3.8, 4) is 0 Å². The second kappa shape index (κ2) is 9.55. The number of esters is 1. The molecule has 138 valence electrons. The van der Waals surface area contributed by atoms with Crippen molar-refractivity contribution in [2.45, 2.75) is 26.3 Å². The number of benzene rings is 2. The van der Waals surface area contributed by atoms with Crippen molar-refractivity contribution in [1.29, 1.82) is 0 Å². The van der Waals surface area contributed by atoms with E-state index in [4.69, 9.17) is 28.6 Å². The highest BCUT2D eigenvalue weighted by molar-refractivity contribution is 7.80. The Kier molecular flexibility index (Phi) is 7.42. The minimum atomic E-state index is -0.487. The smallest absolute Gasteiger partial charge is 0.339 e. The molecule has 0 fully saturated rings. The standard InChI is InChI=1S/C20H23ClN2O2S/c1-13(2)11-18(14-7-5-4-6-8-14)23-20(26)22-15-9-10-17(21)16(12-15)19(24)25-3/h4-10,12-13,18H,11H2,1-3H3,(H2,22,23,26). The molecule has 0 aliphatic heterocycles. The van der Waals surface area contributed by atoms with Crippen LogP contribution in [0.1, 0.15) is 42.2 Å². The van der Waals surface area contributed by atoms with Crippen molar-refractivity contribution in [3.05, 3.63) is 64.7 Å². The van der Waals surface area contributed by atoms with E-state index in [0.717, 1.165) is 6.42 Å².